The first-order valence-corrected chi connectivity index (χ1v) is 12.4. The summed E-state index contributed by atoms with van der Waals surface area (Å²) in [7, 11) is 0. The number of rotatable bonds is 3. The first-order chi connectivity index (χ1) is 17.2. The van der Waals surface area contributed by atoms with Crippen molar-refractivity contribution < 1.29 is 0 Å². The molecule has 0 N–H and O–H groups in total. The van der Waals surface area contributed by atoms with E-state index in [-0.39, 0.29) is 0 Å². The summed E-state index contributed by atoms with van der Waals surface area (Å²) >= 11 is 0. The molecule has 0 bridgehead atoms. The standard InChI is InChI=1S/C28H22N4.C3H8/c1-19-16-17-23-22-14-8-9-15-24(22)32(25(23)18-19)28-30-26(20-10-4-2-5-11-20)29-27(31-28)21-12-6-3-7-13-21;1-3-2/h2,4-6,8-18H,3,7H2,1H3;3H2,1-2H3. The molecule has 3 aromatic carbocycles. The number of allylic oxidation sites excluding steroid dienone is 4. The molecule has 35 heavy (non-hydrogen) atoms. The van der Waals surface area contributed by atoms with E-state index in [2.05, 4.69) is 86.0 Å². The second-order valence-corrected chi connectivity index (χ2v) is 8.87. The summed E-state index contributed by atoms with van der Waals surface area (Å²) in [5, 5.41) is 2.40. The highest BCUT2D eigenvalue weighted by molar-refractivity contribution is 6.09. The quantitative estimate of drug-likeness (QED) is 0.274. The lowest BCUT2D eigenvalue weighted by Gasteiger charge is -2.12. The van der Waals surface area contributed by atoms with Gasteiger partial charge in [0.1, 0.15) is 0 Å². The van der Waals surface area contributed by atoms with E-state index in [0.29, 0.717) is 17.6 Å². The van der Waals surface area contributed by atoms with Crippen molar-refractivity contribution in [3.8, 4) is 17.3 Å². The first kappa shape index (κ1) is 22.7. The van der Waals surface area contributed by atoms with Gasteiger partial charge >= 0.3 is 0 Å². The average molecular weight is 459 g/mol. The molecule has 4 nitrogen and oxygen atoms in total. The van der Waals surface area contributed by atoms with E-state index < -0.39 is 0 Å². The minimum Gasteiger partial charge on any atom is -0.278 e. The Morgan fingerprint density at radius 2 is 1.46 bits per heavy atom. The molecule has 0 saturated heterocycles. The summed E-state index contributed by atoms with van der Waals surface area (Å²) in [5.74, 6) is 2.04. The van der Waals surface area contributed by atoms with Crippen molar-refractivity contribution in [1.82, 2.24) is 19.5 Å². The SMILES string of the molecule is CCC.Cc1ccc2c3ccccc3n(-c3nc(C4=CCCC=C4)nc(-c4ccccc4)n3)c2c1. The zero-order chi connectivity index (χ0) is 24.2. The molecule has 0 unspecified atom stereocenters. The van der Waals surface area contributed by atoms with Crippen molar-refractivity contribution in [3.63, 3.8) is 0 Å². The summed E-state index contributed by atoms with van der Waals surface area (Å²) in [6.07, 6.45) is 9.82. The number of para-hydroxylation sites is 1. The number of fused-ring (bicyclic) bond motifs is 3. The van der Waals surface area contributed by atoms with Crippen LogP contribution in [0.1, 0.15) is 44.5 Å². The highest BCUT2D eigenvalue weighted by Crippen LogP contribution is 2.32. The van der Waals surface area contributed by atoms with Gasteiger partial charge in [-0.25, -0.2) is 4.98 Å². The van der Waals surface area contributed by atoms with Gasteiger partial charge in [0.05, 0.1) is 11.0 Å². The van der Waals surface area contributed by atoms with Crippen molar-refractivity contribution in [2.75, 3.05) is 0 Å². The van der Waals surface area contributed by atoms with E-state index in [1.54, 1.807) is 0 Å². The lowest BCUT2D eigenvalue weighted by molar-refractivity contribution is 0.927. The van der Waals surface area contributed by atoms with E-state index in [9.17, 15) is 0 Å². The van der Waals surface area contributed by atoms with Crippen LogP contribution in [0.4, 0.5) is 0 Å². The molecule has 2 aromatic heterocycles. The van der Waals surface area contributed by atoms with Gasteiger partial charge in [0.2, 0.25) is 5.95 Å². The molecule has 1 aliphatic rings. The second kappa shape index (κ2) is 10.1. The van der Waals surface area contributed by atoms with Gasteiger partial charge in [0.25, 0.3) is 0 Å². The maximum absolute atomic E-state index is 4.98. The van der Waals surface area contributed by atoms with Crippen molar-refractivity contribution >= 4 is 27.4 Å². The molecule has 0 saturated carbocycles. The number of nitrogens with zero attached hydrogens (tertiary/aromatic N) is 4. The molecular formula is C31H30N4. The van der Waals surface area contributed by atoms with Crippen LogP contribution in [0, 0.1) is 6.92 Å². The molecule has 5 aromatic rings. The lowest BCUT2D eigenvalue weighted by atomic mass is 10.1. The smallest absolute Gasteiger partial charge is 0.238 e. The van der Waals surface area contributed by atoms with Crippen LogP contribution in [-0.2, 0) is 0 Å². The molecule has 0 aliphatic heterocycles. The first-order valence-electron chi connectivity index (χ1n) is 12.4. The van der Waals surface area contributed by atoms with Gasteiger partial charge in [-0.2, -0.15) is 9.97 Å². The van der Waals surface area contributed by atoms with Crippen LogP contribution >= 0.6 is 0 Å². The van der Waals surface area contributed by atoms with Crippen LogP contribution in [0.25, 0.3) is 44.7 Å². The highest BCUT2D eigenvalue weighted by Gasteiger charge is 2.18. The molecule has 174 valence electrons. The third-order valence-corrected chi connectivity index (χ3v) is 5.94. The Labute approximate surface area is 206 Å². The summed E-state index contributed by atoms with van der Waals surface area (Å²) in [5.41, 5.74) is 5.44. The van der Waals surface area contributed by atoms with Crippen LogP contribution in [0.3, 0.4) is 0 Å². The zero-order valence-corrected chi connectivity index (χ0v) is 20.6. The van der Waals surface area contributed by atoms with E-state index in [0.717, 1.165) is 35.0 Å². The Morgan fingerprint density at radius 1 is 0.743 bits per heavy atom. The van der Waals surface area contributed by atoms with Crippen molar-refractivity contribution in [2.24, 2.45) is 0 Å². The van der Waals surface area contributed by atoms with Gasteiger partial charge in [0.15, 0.2) is 11.6 Å². The number of aryl methyl sites for hydroxylation is 1. The molecule has 6 rings (SSSR count). The van der Waals surface area contributed by atoms with Crippen LogP contribution in [0.15, 0.2) is 91.0 Å². The number of benzene rings is 3. The maximum atomic E-state index is 4.98. The third kappa shape index (κ3) is 4.52. The van der Waals surface area contributed by atoms with E-state index in [1.165, 1.54) is 22.8 Å². The van der Waals surface area contributed by atoms with E-state index in [4.69, 9.17) is 15.0 Å². The molecule has 4 heteroatoms. The Hall–Kier alpha value is -4.05. The van der Waals surface area contributed by atoms with Gasteiger partial charge in [0, 0.05) is 21.9 Å². The van der Waals surface area contributed by atoms with Gasteiger partial charge in [-0.3, -0.25) is 4.57 Å². The number of hydrogen-bond donors (Lipinski definition) is 0. The summed E-state index contributed by atoms with van der Waals surface area (Å²) in [6.45, 7) is 6.37. The fraction of sp³-hybridized carbons (Fsp3) is 0.194. The molecule has 0 fully saturated rings. The van der Waals surface area contributed by atoms with E-state index in [1.807, 2.05) is 30.3 Å². The Balaban J connectivity index is 0.000000806. The summed E-state index contributed by atoms with van der Waals surface area (Å²) < 4.78 is 2.17. The lowest BCUT2D eigenvalue weighted by Crippen LogP contribution is -2.08. The zero-order valence-electron chi connectivity index (χ0n) is 20.6. The molecule has 2 heterocycles. The van der Waals surface area contributed by atoms with Crippen molar-refractivity contribution in [3.05, 3.63) is 102 Å². The van der Waals surface area contributed by atoms with Gasteiger partial charge in [-0.15, -0.1) is 0 Å². The summed E-state index contributed by atoms with van der Waals surface area (Å²) in [6, 6.07) is 25.1. The Morgan fingerprint density at radius 3 is 2.23 bits per heavy atom. The fourth-order valence-corrected chi connectivity index (χ4v) is 4.39. The predicted octanol–water partition coefficient (Wildman–Crippen LogP) is 8.09. The Bertz CT molecular complexity index is 1540. The minimum absolute atomic E-state index is 0.644. The summed E-state index contributed by atoms with van der Waals surface area (Å²) in [4.78, 5) is 14.8. The monoisotopic (exact) mass is 458 g/mol. The maximum Gasteiger partial charge on any atom is 0.238 e. The third-order valence-electron chi connectivity index (χ3n) is 5.94. The Kier molecular flexibility index (Phi) is 6.53. The van der Waals surface area contributed by atoms with Crippen LogP contribution in [0.2, 0.25) is 0 Å². The highest BCUT2D eigenvalue weighted by atomic mass is 15.2. The largest absolute Gasteiger partial charge is 0.278 e. The number of aromatic nitrogens is 4. The van der Waals surface area contributed by atoms with Crippen molar-refractivity contribution in [1.29, 1.82) is 0 Å². The minimum atomic E-state index is 0.644. The fourth-order valence-electron chi connectivity index (χ4n) is 4.39. The van der Waals surface area contributed by atoms with Crippen molar-refractivity contribution in [2.45, 2.75) is 40.0 Å². The topological polar surface area (TPSA) is 43.6 Å². The molecule has 1 aliphatic carbocycles. The van der Waals surface area contributed by atoms with Gasteiger partial charge in [-0.05, 0) is 37.5 Å². The number of hydrogen-bond acceptors (Lipinski definition) is 3. The predicted molar refractivity (Wildman–Crippen MR) is 147 cm³/mol. The molecule has 0 spiro atoms. The van der Waals surface area contributed by atoms with Gasteiger partial charge < -0.3 is 0 Å². The van der Waals surface area contributed by atoms with E-state index >= 15 is 0 Å². The molecule has 0 atom stereocenters. The van der Waals surface area contributed by atoms with Gasteiger partial charge in [-0.1, -0.05) is 99.2 Å². The normalized spacial score (nSPS) is 12.9. The molecule has 0 radical (unpaired) electrons. The average Bonchev–Trinajstić information content (AvgIpc) is 3.23. The van der Waals surface area contributed by atoms with Crippen LogP contribution in [-0.4, -0.2) is 19.5 Å². The second-order valence-electron chi connectivity index (χ2n) is 8.87. The molecule has 0 amide bonds. The molecular weight excluding hydrogens is 428 g/mol. The van der Waals surface area contributed by atoms with Crippen LogP contribution < -0.4 is 0 Å². The van der Waals surface area contributed by atoms with Crippen LogP contribution in [0.5, 0.6) is 0 Å².